The zero-order valence-electron chi connectivity index (χ0n) is 11.0. The fourth-order valence-electron chi connectivity index (χ4n) is 2.43. The van der Waals surface area contributed by atoms with Crippen LogP contribution in [0.2, 0.25) is 0 Å². The van der Waals surface area contributed by atoms with Crippen molar-refractivity contribution in [1.82, 2.24) is 4.90 Å². The maximum absolute atomic E-state index is 12.1. The Morgan fingerprint density at radius 1 is 1.35 bits per heavy atom. The maximum atomic E-state index is 12.1. The Balaban J connectivity index is 2.46. The summed E-state index contributed by atoms with van der Waals surface area (Å²) in [5.41, 5.74) is 0. The van der Waals surface area contributed by atoms with Crippen LogP contribution in [0.5, 0.6) is 0 Å². The number of carbonyl (C=O) groups excluding carboxylic acids is 1. The second kappa shape index (κ2) is 6.03. The third-order valence-corrected chi connectivity index (χ3v) is 3.79. The predicted octanol–water partition coefficient (Wildman–Crippen LogP) is 1.99. The van der Waals surface area contributed by atoms with Gasteiger partial charge in [-0.05, 0) is 25.2 Å². The van der Waals surface area contributed by atoms with Crippen molar-refractivity contribution in [2.45, 2.75) is 39.5 Å². The maximum Gasteiger partial charge on any atom is 0.306 e. The Morgan fingerprint density at radius 2 is 1.94 bits per heavy atom. The summed E-state index contributed by atoms with van der Waals surface area (Å²) < 4.78 is 0. The molecule has 1 unspecified atom stereocenters. The van der Waals surface area contributed by atoms with E-state index in [1.807, 2.05) is 7.05 Å². The van der Waals surface area contributed by atoms with Gasteiger partial charge >= 0.3 is 5.97 Å². The summed E-state index contributed by atoms with van der Waals surface area (Å²) >= 11 is 0. The van der Waals surface area contributed by atoms with Crippen LogP contribution in [-0.2, 0) is 9.59 Å². The number of carbonyl (C=O) groups is 2. The molecule has 0 aromatic rings. The normalized spacial score (nSPS) is 25.6. The molecule has 3 atom stereocenters. The van der Waals surface area contributed by atoms with E-state index in [0.29, 0.717) is 18.8 Å². The molecule has 0 spiro atoms. The minimum Gasteiger partial charge on any atom is -0.481 e. The molecule has 1 aliphatic rings. The smallest absolute Gasteiger partial charge is 0.306 e. The highest BCUT2D eigenvalue weighted by Gasteiger charge is 2.35. The summed E-state index contributed by atoms with van der Waals surface area (Å²) in [6.45, 7) is 5.00. The van der Waals surface area contributed by atoms with E-state index in [2.05, 4.69) is 13.8 Å². The van der Waals surface area contributed by atoms with Crippen LogP contribution >= 0.6 is 0 Å². The van der Waals surface area contributed by atoms with Gasteiger partial charge in [0.25, 0.3) is 0 Å². The number of nitrogens with zero attached hydrogens (tertiary/aromatic N) is 1. The van der Waals surface area contributed by atoms with Gasteiger partial charge in [0.15, 0.2) is 0 Å². The van der Waals surface area contributed by atoms with E-state index in [1.54, 1.807) is 4.90 Å². The quantitative estimate of drug-likeness (QED) is 0.800. The van der Waals surface area contributed by atoms with Crippen molar-refractivity contribution in [2.75, 3.05) is 13.6 Å². The van der Waals surface area contributed by atoms with Crippen LogP contribution in [0.25, 0.3) is 0 Å². The van der Waals surface area contributed by atoms with Crippen molar-refractivity contribution in [1.29, 1.82) is 0 Å². The highest BCUT2D eigenvalue weighted by atomic mass is 16.4. The molecular formula is C13H23NO3. The summed E-state index contributed by atoms with van der Waals surface area (Å²) in [4.78, 5) is 24.7. The lowest BCUT2D eigenvalue weighted by Crippen LogP contribution is -2.35. The van der Waals surface area contributed by atoms with Crippen molar-refractivity contribution in [3.05, 3.63) is 0 Å². The van der Waals surface area contributed by atoms with Gasteiger partial charge in [0.2, 0.25) is 5.91 Å². The predicted molar refractivity (Wildman–Crippen MR) is 65.6 cm³/mol. The SMILES string of the molecule is CCC(C)CN(C)C(=O)[C@@H]1CC[C@H](C(=O)O)C1. The van der Waals surface area contributed by atoms with Crippen molar-refractivity contribution in [3.63, 3.8) is 0 Å². The average Bonchev–Trinajstić information content (AvgIpc) is 2.77. The molecule has 98 valence electrons. The van der Waals surface area contributed by atoms with Gasteiger partial charge in [-0.1, -0.05) is 20.3 Å². The van der Waals surface area contributed by atoms with Gasteiger partial charge in [0.05, 0.1) is 5.92 Å². The lowest BCUT2D eigenvalue weighted by molar-refractivity contribution is -0.141. The Labute approximate surface area is 103 Å². The first-order chi connectivity index (χ1) is 7.95. The topological polar surface area (TPSA) is 57.6 Å². The van der Waals surface area contributed by atoms with E-state index in [0.717, 1.165) is 19.4 Å². The molecule has 0 radical (unpaired) electrons. The monoisotopic (exact) mass is 241 g/mol. The molecule has 0 heterocycles. The van der Waals surface area contributed by atoms with E-state index in [9.17, 15) is 9.59 Å². The summed E-state index contributed by atoms with van der Waals surface area (Å²) in [6.07, 6.45) is 2.93. The highest BCUT2D eigenvalue weighted by molar-refractivity contribution is 5.80. The fourth-order valence-corrected chi connectivity index (χ4v) is 2.43. The van der Waals surface area contributed by atoms with Crippen molar-refractivity contribution in [2.24, 2.45) is 17.8 Å². The molecule has 1 N–H and O–H groups in total. The molecule has 4 heteroatoms. The lowest BCUT2D eigenvalue weighted by Gasteiger charge is -2.23. The summed E-state index contributed by atoms with van der Waals surface area (Å²) in [5.74, 6) is -0.536. The Kier molecular flexibility index (Phi) is 4.97. The Morgan fingerprint density at radius 3 is 2.41 bits per heavy atom. The number of hydrogen-bond acceptors (Lipinski definition) is 2. The number of hydrogen-bond donors (Lipinski definition) is 1. The van der Waals surface area contributed by atoms with Gasteiger partial charge in [-0.15, -0.1) is 0 Å². The van der Waals surface area contributed by atoms with Gasteiger partial charge in [-0.25, -0.2) is 0 Å². The molecule has 0 bridgehead atoms. The average molecular weight is 241 g/mol. The molecule has 4 nitrogen and oxygen atoms in total. The van der Waals surface area contributed by atoms with Crippen molar-refractivity contribution < 1.29 is 14.7 Å². The third-order valence-electron chi connectivity index (χ3n) is 3.79. The minimum atomic E-state index is -0.759. The molecule has 1 amide bonds. The van der Waals surface area contributed by atoms with Crippen LogP contribution < -0.4 is 0 Å². The molecular weight excluding hydrogens is 218 g/mol. The zero-order chi connectivity index (χ0) is 13.0. The molecule has 0 aliphatic heterocycles. The van der Waals surface area contributed by atoms with E-state index < -0.39 is 5.97 Å². The highest BCUT2D eigenvalue weighted by Crippen LogP contribution is 2.32. The largest absolute Gasteiger partial charge is 0.481 e. The van der Waals surface area contributed by atoms with Gasteiger partial charge in [-0.2, -0.15) is 0 Å². The van der Waals surface area contributed by atoms with E-state index >= 15 is 0 Å². The van der Waals surface area contributed by atoms with Crippen LogP contribution in [0.4, 0.5) is 0 Å². The number of carboxylic acid groups (broad SMARTS) is 1. The third kappa shape index (κ3) is 3.72. The number of aliphatic carboxylic acids is 1. The zero-order valence-corrected chi connectivity index (χ0v) is 11.0. The number of amides is 1. The lowest BCUT2D eigenvalue weighted by atomic mass is 10.0. The van der Waals surface area contributed by atoms with Gasteiger partial charge in [0.1, 0.15) is 0 Å². The van der Waals surface area contributed by atoms with Crippen LogP contribution in [0, 0.1) is 17.8 Å². The molecule has 1 aliphatic carbocycles. The molecule has 17 heavy (non-hydrogen) atoms. The van der Waals surface area contributed by atoms with Crippen LogP contribution in [-0.4, -0.2) is 35.5 Å². The van der Waals surface area contributed by atoms with E-state index in [1.165, 1.54) is 0 Å². The second-order valence-electron chi connectivity index (χ2n) is 5.28. The summed E-state index contributed by atoms with van der Waals surface area (Å²) in [6, 6.07) is 0. The van der Waals surface area contributed by atoms with E-state index in [-0.39, 0.29) is 17.7 Å². The standard InChI is InChI=1S/C13H23NO3/c1-4-9(2)8-14(3)12(15)10-5-6-11(7-10)13(16)17/h9-11H,4-8H2,1-3H3,(H,16,17)/t9?,10-,11+/m1/s1. The van der Waals surface area contributed by atoms with Crippen LogP contribution in [0.3, 0.4) is 0 Å². The molecule has 0 aromatic heterocycles. The Bertz CT molecular complexity index is 290. The first kappa shape index (κ1) is 14.0. The molecule has 1 fully saturated rings. The first-order valence-corrected chi connectivity index (χ1v) is 6.43. The van der Waals surface area contributed by atoms with Crippen molar-refractivity contribution >= 4 is 11.9 Å². The molecule has 1 rings (SSSR count). The van der Waals surface area contributed by atoms with Crippen LogP contribution in [0.15, 0.2) is 0 Å². The Hall–Kier alpha value is -1.06. The van der Waals surface area contributed by atoms with Gasteiger partial charge in [-0.3, -0.25) is 9.59 Å². The fraction of sp³-hybridized carbons (Fsp3) is 0.846. The summed E-state index contributed by atoms with van der Waals surface area (Å²) in [7, 11) is 1.82. The first-order valence-electron chi connectivity index (χ1n) is 6.43. The molecule has 1 saturated carbocycles. The summed E-state index contributed by atoms with van der Waals surface area (Å²) in [5, 5.41) is 8.91. The van der Waals surface area contributed by atoms with Crippen molar-refractivity contribution in [3.8, 4) is 0 Å². The van der Waals surface area contributed by atoms with Gasteiger partial charge < -0.3 is 10.0 Å². The molecule has 0 aromatic carbocycles. The number of rotatable bonds is 5. The molecule has 0 saturated heterocycles. The van der Waals surface area contributed by atoms with Crippen LogP contribution in [0.1, 0.15) is 39.5 Å². The second-order valence-corrected chi connectivity index (χ2v) is 5.28. The minimum absolute atomic E-state index is 0.0786. The van der Waals surface area contributed by atoms with Gasteiger partial charge in [0, 0.05) is 19.5 Å². The van der Waals surface area contributed by atoms with E-state index in [4.69, 9.17) is 5.11 Å². The number of carboxylic acids is 1.